The predicted octanol–water partition coefficient (Wildman–Crippen LogP) is 5.21. The number of nitrogens with one attached hydrogen (secondary N) is 1. The normalized spacial score (nSPS) is 21.3. The van der Waals surface area contributed by atoms with Crippen molar-refractivity contribution in [3.8, 4) is 5.75 Å². The van der Waals surface area contributed by atoms with Gasteiger partial charge >= 0.3 is 5.97 Å². The van der Waals surface area contributed by atoms with Crippen molar-refractivity contribution >= 4 is 17.6 Å². The largest absolute Gasteiger partial charge is 0.492 e. The summed E-state index contributed by atoms with van der Waals surface area (Å²) in [4.78, 5) is 25.7. The molecule has 1 N–H and O–H groups in total. The Labute approximate surface area is 180 Å². The van der Waals surface area contributed by atoms with Gasteiger partial charge in [-0.2, -0.15) is 0 Å². The Bertz CT molecular complexity index is 718. The Morgan fingerprint density at radius 2 is 2.03 bits per heavy atom. The quantitative estimate of drug-likeness (QED) is 0.527. The van der Waals surface area contributed by atoms with Gasteiger partial charge < -0.3 is 19.5 Å². The van der Waals surface area contributed by atoms with E-state index < -0.39 is 11.6 Å². The summed E-state index contributed by atoms with van der Waals surface area (Å²) >= 11 is 0. The molecular weight excluding hydrogens is 382 g/mol. The highest BCUT2D eigenvalue weighted by atomic mass is 16.5. The fourth-order valence-electron chi connectivity index (χ4n) is 3.81. The molecule has 0 unspecified atom stereocenters. The lowest BCUT2D eigenvalue weighted by atomic mass is 9.78. The zero-order valence-electron chi connectivity index (χ0n) is 19.1. The molecule has 0 saturated heterocycles. The van der Waals surface area contributed by atoms with Crippen molar-refractivity contribution < 1.29 is 23.8 Å². The maximum Gasteiger partial charge on any atom is 0.341 e. The molecule has 1 saturated carbocycles. The molecule has 1 aromatic rings. The first-order chi connectivity index (χ1) is 14.3. The molecule has 168 valence electrons. The first-order valence-corrected chi connectivity index (χ1v) is 11.2. The summed E-state index contributed by atoms with van der Waals surface area (Å²) in [7, 11) is 0. The van der Waals surface area contributed by atoms with Crippen molar-refractivity contribution in [2.45, 2.75) is 72.3 Å². The fourth-order valence-corrected chi connectivity index (χ4v) is 3.81. The first kappa shape index (κ1) is 24.2. The van der Waals surface area contributed by atoms with E-state index in [9.17, 15) is 9.59 Å². The average molecular weight is 420 g/mol. The molecule has 1 aliphatic carbocycles. The smallest absolute Gasteiger partial charge is 0.341 e. The highest BCUT2D eigenvalue weighted by Gasteiger charge is 2.42. The number of hydrogen-bond donors (Lipinski definition) is 1. The summed E-state index contributed by atoms with van der Waals surface area (Å²) in [6.07, 6.45) is 4.36. The summed E-state index contributed by atoms with van der Waals surface area (Å²) in [5.41, 5.74) is 0.0402. The van der Waals surface area contributed by atoms with Crippen LogP contribution in [0.4, 0.5) is 5.69 Å². The number of ether oxygens (including phenoxy) is 3. The molecule has 1 amide bonds. The minimum absolute atomic E-state index is 0.145. The van der Waals surface area contributed by atoms with E-state index in [-0.39, 0.29) is 12.5 Å². The van der Waals surface area contributed by atoms with Crippen LogP contribution in [0, 0.1) is 11.8 Å². The summed E-state index contributed by atoms with van der Waals surface area (Å²) in [6, 6.07) is 5.11. The van der Waals surface area contributed by atoms with Crippen LogP contribution in [0.2, 0.25) is 0 Å². The third-order valence-corrected chi connectivity index (χ3v) is 5.26. The summed E-state index contributed by atoms with van der Waals surface area (Å²) < 4.78 is 17.1. The lowest BCUT2D eigenvalue weighted by Gasteiger charge is -2.38. The van der Waals surface area contributed by atoms with Crippen LogP contribution in [-0.2, 0) is 14.3 Å². The van der Waals surface area contributed by atoms with E-state index in [4.69, 9.17) is 14.2 Å². The van der Waals surface area contributed by atoms with E-state index in [2.05, 4.69) is 12.2 Å². The SMILES string of the molecule is CCCO[C@@]1(C(=O)Nc2ccc(OCC(C)C)c(C(=O)OCC)c2)CCC[C@H](C)C1. The van der Waals surface area contributed by atoms with Crippen LogP contribution in [0.15, 0.2) is 18.2 Å². The maximum atomic E-state index is 13.3. The van der Waals surface area contributed by atoms with Gasteiger partial charge in [-0.3, -0.25) is 4.79 Å². The third-order valence-electron chi connectivity index (χ3n) is 5.26. The lowest BCUT2D eigenvalue weighted by Crippen LogP contribution is -2.48. The van der Waals surface area contributed by atoms with Crippen LogP contribution in [0.1, 0.15) is 77.1 Å². The summed E-state index contributed by atoms with van der Waals surface area (Å²) in [5, 5.41) is 2.98. The molecule has 0 aromatic heterocycles. The molecule has 0 bridgehead atoms. The number of benzene rings is 1. The zero-order valence-corrected chi connectivity index (χ0v) is 19.1. The molecule has 1 fully saturated rings. The van der Waals surface area contributed by atoms with Gasteiger partial charge in [-0.1, -0.05) is 34.1 Å². The fraction of sp³-hybridized carbons (Fsp3) is 0.667. The maximum absolute atomic E-state index is 13.3. The summed E-state index contributed by atoms with van der Waals surface area (Å²) in [5.74, 6) is 0.610. The average Bonchev–Trinajstić information content (AvgIpc) is 2.71. The molecule has 1 aromatic carbocycles. The van der Waals surface area contributed by atoms with Crippen molar-refractivity contribution in [2.24, 2.45) is 11.8 Å². The molecule has 1 aliphatic rings. The highest BCUT2D eigenvalue weighted by Crippen LogP contribution is 2.36. The van der Waals surface area contributed by atoms with Crippen molar-refractivity contribution in [1.82, 2.24) is 0 Å². The zero-order chi connectivity index (χ0) is 22.1. The molecule has 6 heteroatoms. The molecule has 0 heterocycles. The first-order valence-electron chi connectivity index (χ1n) is 11.2. The van der Waals surface area contributed by atoms with Crippen LogP contribution in [0.25, 0.3) is 0 Å². The molecule has 30 heavy (non-hydrogen) atoms. The Hall–Kier alpha value is -2.08. The van der Waals surface area contributed by atoms with Crippen molar-refractivity contribution in [1.29, 1.82) is 0 Å². The van der Waals surface area contributed by atoms with E-state index in [0.29, 0.717) is 54.9 Å². The van der Waals surface area contributed by atoms with Gasteiger partial charge in [0.05, 0.1) is 13.2 Å². The van der Waals surface area contributed by atoms with E-state index in [1.54, 1.807) is 25.1 Å². The topological polar surface area (TPSA) is 73.9 Å². The van der Waals surface area contributed by atoms with Crippen molar-refractivity contribution in [2.75, 3.05) is 25.1 Å². The Morgan fingerprint density at radius 1 is 1.27 bits per heavy atom. The van der Waals surface area contributed by atoms with Gasteiger partial charge in [0, 0.05) is 12.3 Å². The van der Waals surface area contributed by atoms with E-state index in [1.807, 2.05) is 20.8 Å². The molecule has 2 rings (SSSR count). The second-order valence-corrected chi connectivity index (χ2v) is 8.63. The number of carbonyl (C=O) groups is 2. The van der Waals surface area contributed by atoms with Crippen LogP contribution in [-0.4, -0.2) is 37.3 Å². The standard InChI is InChI=1S/C24H37NO5/c1-6-13-30-24(12-8-9-18(5)15-24)23(27)25-19-10-11-21(29-16-17(3)4)20(14-19)22(26)28-7-2/h10-11,14,17-18H,6-9,12-13,15-16H2,1-5H3,(H,25,27)/t18-,24-/m0/s1. The molecule has 6 nitrogen and oxygen atoms in total. The van der Waals surface area contributed by atoms with Crippen molar-refractivity contribution in [3.63, 3.8) is 0 Å². The van der Waals surface area contributed by atoms with Crippen LogP contribution >= 0.6 is 0 Å². The highest BCUT2D eigenvalue weighted by molar-refractivity contribution is 5.99. The van der Waals surface area contributed by atoms with Crippen LogP contribution in [0.3, 0.4) is 0 Å². The number of carbonyl (C=O) groups excluding carboxylic acids is 2. The second kappa shape index (κ2) is 11.3. The molecular formula is C24H37NO5. The number of rotatable bonds is 10. The second-order valence-electron chi connectivity index (χ2n) is 8.63. The van der Waals surface area contributed by atoms with Gasteiger partial charge in [-0.25, -0.2) is 4.79 Å². The Morgan fingerprint density at radius 3 is 2.67 bits per heavy atom. The van der Waals surface area contributed by atoms with Crippen LogP contribution in [0.5, 0.6) is 5.75 Å². The van der Waals surface area contributed by atoms with E-state index >= 15 is 0 Å². The van der Waals surface area contributed by atoms with Crippen molar-refractivity contribution in [3.05, 3.63) is 23.8 Å². The predicted molar refractivity (Wildman–Crippen MR) is 118 cm³/mol. The minimum Gasteiger partial charge on any atom is -0.492 e. The number of anilines is 1. The third kappa shape index (κ3) is 6.46. The molecule has 0 radical (unpaired) electrons. The lowest BCUT2D eigenvalue weighted by molar-refractivity contribution is -0.148. The summed E-state index contributed by atoms with van der Waals surface area (Å²) in [6.45, 7) is 11.4. The van der Waals surface area contributed by atoms with E-state index in [1.165, 1.54) is 0 Å². The monoisotopic (exact) mass is 419 g/mol. The minimum atomic E-state index is -0.815. The van der Waals surface area contributed by atoms with Crippen LogP contribution < -0.4 is 10.1 Å². The van der Waals surface area contributed by atoms with Gasteiger partial charge in [0.2, 0.25) is 0 Å². The Balaban J connectivity index is 2.25. The van der Waals surface area contributed by atoms with Gasteiger partial charge in [-0.15, -0.1) is 0 Å². The Kier molecular flexibility index (Phi) is 9.15. The van der Waals surface area contributed by atoms with Gasteiger partial charge in [-0.05, 0) is 62.6 Å². The molecule has 2 atom stereocenters. The molecule has 0 aliphatic heterocycles. The molecule has 0 spiro atoms. The van der Waals surface area contributed by atoms with Gasteiger partial charge in [0.15, 0.2) is 0 Å². The number of amides is 1. The number of hydrogen-bond acceptors (Lipinski definition) is 5. The van der Waals surface area contributed by atoms with Gasteiger partial charge in [0.1, 0.15) is 16.9 Å². The van der Waals surface area contributed by atoms with Gasteiger partial charge in [0.25, 0.3) is 5.91 Å². The number of esters is 1. The van der Waals surface area contributed by atoms with E-state index in [0.717, 1.165) is 19.3 Å².